The number of benzene rings is 1. The lowest BCUT2D eigenvalue weighted by atomic mass is 10.2. The zero-order chi connectivity index (χ0) is 11.7. The summed E-state index contributed by atoms with van der Waals surface area (Å²) in [7, 11) is 0. The van der Waals surface area contributed by atoms with E-state index in [-0.39, 0.29) is 0 Å². The van der Waals surface area contributed by atoms with Crippen molar-refractivity contribution in [3.8, 4) is 17.1 Å². The molecule has 1 unspecified atom stereocenters. The molecule has 1 aromatic heterocycles. The summed E-state index contributed by atoms with van der Waals surface area (Å²) in [6.45, 7) is 0. The van der Waals surface area contributed by atoms with Gasteiger partial charge in [-0.2, -0.15) is 11.8 Å². The van der Waals surface area contributed by atoms with Crippen LogP contribution in [0.25, 0.3) is 11.4 Å². The number of aromatic hydroxyl groups is 1. The number of rotatable bonds is 2. The van der Waals surface area contributed by atoms with Gasteiger partial charge in [0.2, 0.25) is 0 Å². The van der Waals surface area contributed by atoms with E-state index in [1.807, 2.05) is 30.1 Å². The fourth-order valence-electron chi connectivity index (χ4n) is 2.18. The minimum Gasteiger partial charge on any atom is -0.508 e. The van der Waals surface area contributed by atoms with Crippen LogP contribution in [0.15, 0.2) is 36.7 Å². The van der Waals surface area contributed by atoms with E-state index in [2.05, 4.69) is 15.7 Å². The van der Waals surface area contributed by atoms with E-state index < -0.39 is 0 Å². The highest BCUT2D eigenvalue weighted by atomic mass is 32.2. The molecule has 1 aromatic carbocycles. The normalized spacial score (nSPS) is 19.6. The Kier molecular flexibility index (Phi) is 2.81. The summed E-state index contributed by atoms with van der Waals surface area (Å²) in [5.74, 6) is 3.69. The van der Waals surface area contributed by atoms with Gasteiger partial charge in [0.05, 0.1) is 0 Å². The third kappa shape index (κ3) is 2.05. The minimum atomic E-state index is 0.295. The van der Waals surface area contributed by atoms with Crippen LogP contribution in [0.5, 0.6) is 5.75 Å². The molecule has 0 spiro atoms. The average molecular weight is 246 g/mol. The molecular formula is C13H14N2OS. The van der Waals surface area contributed by atoms with Gasteiger partial charge in [0.1, 0.15) is 11.6 Å². The maximum Gasteiger partial charge on any atom is 0.140 e. The van der Waals surface area contributed by atoms with Crippen LogP contribution in [-0.2, 0) is 0 Å². The van der Waals surface area contributed by atoms with Crippen LogP contribution < -0.4 is 0 Å². The summed E-state index contributed by atoms with van der Waals surface area (Å²) < 4.78 is 2.26. The molecule has 17 heavy (non-hydrogen) atoms. The minimum absolute atomic E-state index is 0.295. The maximum absolute atomic E-state index is 9.30. The van der Waals surface area contributed by atoms with Crippen LogP contribution in [0.1, 0.15) is 12.5 Å². The Hall–Kier alpha value is -1.42. The van der Waals surface area contributed by atoms with E-state index in [1.165, 1.54) is 17.9 Å². The second-order valence-electron chi connectivity index (χ2n) is 4.22. The Morgan fingerprint density at radius 2 is 2.12 bits per heavy atom. The molecule has 0 aliphatic carbocycles. The smallest absolute Gasteiger partial charge is 0.140 e. The molecule has 0 amide bonds. The molecule has 0 saturated carbocycles. The van der Waals surface area contributed by atoms with Crippen molar-refractivity contribution in [1.82, 2.24) is 9.55 Å². The standard InChI is InChI=1S/C13H14N2OS/c16-12-3-1-10(2-4-12)13-14-6-7-15(13)11-5-8-17-9-11/h1-4,6-7,11,16H,5,8-9H2. The van der Waals surface area contributed by atoms with Gasteiger partial charge in [0.25, 0.3) is 0 Å². The summed E-state index contributed by atoms with van der Waals surface area (Å²) in [6.07, 6.45) is 5.12. The van der Waals surface area contributed by atoms with Crippen molar-refractivity contribution in [2.24, 2.45) is 0 Å². The SMILES string of the molecule is Oc1ccc(-c2nccn2C2CCSC2)cc1. The van der Waals surface area contributed by atoms with Gasteiger partial charge >= 0.3 is 0 Å². The Labute approximate surface area is 104 Å². The van der Waals surface area contributed by atoms with Gasteiger partial charge in [-0.1, -0.05) is 0 Å². The first-order valence-corrected chi connectivity index (χ1v) is 6.90. The van der Waals surface area contributed by atoms with E-state index in [4.69, 9.17) is 0 Å². The highest BCUT2D eigenvalue weighted by Gasteiger charge is 2.20. The fraction of sp³-hybridized carbons (Fsp3) is 0.308. The van der Waals surface area contributed by atoms with Gasteiger partial charge in [-0.25, -0.2) is 4.98 Å². The Balaban J connectivity index is 1.97. The van der Waals surface area contributed by atoms with Crippen LogP contribution in [-0.4, -0.2) is 26.2 Å². The topological polar surface area (TPSA) is 38.1 Å². The molecular weight excluding hydrogens is 232 g/mol. The van der Waals surface area contributed by atoms with E-state index in [0.29, 0.717) is 11.8 Å². The first-order chi connectivity index (χ1) is 8.34. The number of hydrogen-bond acceptors (Lipinski definition) is 3. The molecule has 3 rings (SSSR count). The first kappa shape index (κ1) is 10.7. The van der Waals surface area contributed by atoms with E-state index >= 15 is 0 Å². The zero-order valence-corrected chi connectivity index (χ0v) is 10.2. The third-order valence-corrected chi connectivity index (χ3v) is 4.24. The monoisotopic (exact) mass is 246 g/mol. The summed E-state index contributed by atoms with van der Waals surface area (Å²) in [6, 6.07) is 7.80. The van der Waals surface area contributed by atoms with Crippen molar-refractivity contribution >= 4 is 11.8 Å². The number of imidazole rings is 1. The quantitative estimate of drug-likeness (QED) is 0.885. The summed E-state index contributed by atoms with van der Waals surface area (Å²) in [5.41, 5.74) is 1.06. The van der Waals surface area contributed by atoms with E-state index in [9.17, 15) is 5.11 Å². The second kappa shape index (κ2) is 4.45. The number of aromatic nitrogens is 2. The molecule has 1 saturated heterocycles. The van der Waals surface area contributed by atoms with Gasteiger partial charge < -0.3 is 9.67 Å². The molecule has 1 atom stereocenters. The predicted molar refractivity (Wildman–Crippen MR) is 70.3 cm³/mol. The lowest BCUT2D eigenvalue weighted by molar-refractivity contribution is 0.475. The number of phenolic OH excluding ortho intramolecular Hbond substituents is 1. The summed E-state index contributed by atoms with van der Waals surface area (Å²) in [4.78, 5) is 4.43. The number of nitrogens with zero attached hydrogens (tertiary/aromatic N) is 2. The Bertz CT molecular complexity index is 500. The molecule has 1 N–H and O–H groups in total. The second-order valence-corrected chi connectivity index (χ2v) is 5.37. The highest BCUT2D eigenvalue weighted by molar-refractivity contribution is 7.99. The fourth-order valence-corrected chi connectivity index (χ4v) is 3.39. The molecule has 1 fully saturated rings. The number of phenols is 1. The summed E-state index contributed by atoms with van der Waals surface area (Å²) in [5, 5.41) is 9.30. The molecule has 2 aromatic rings. The van der Waals surface area contributed by atoms with Gasteiger partial charge in [-0.05, 0) is 36.4 Å². The molecule has 88 valence electrons. The average Bonchev–Trinajstić information content (AvgIpc) is 3.00. The van der Waals surface area contributed by atoms with Crippen LogP contribution >= 0.6 is 11.8 Å². The first-order valence-electron chi connectivity index (χ1n) is 5.74. The summed E-state index contributed by atoms with van der Waals surface area (Å²) >= 11 is 2.00. The van der Waals surface area contributed by atoms with Crippen molar-refractivity contribution < 1.29 is 5.11 Å². The van der Waals surface area contributed by atoms with Crippen LogP contribution in [0.4, 0.5) is 0 Å². The zero-order valence-electron chi connectivity index (χ0n) is 9.41. The van der Waals surface area contributed by atoms with Crippen molar-refractivity contribution in [2.75, 3.05) is 11.5 Å². The molecule has 3 nitrogen and oxygen atoms in total. The van der Waals surface area contributed by atoms with Crippen LogP contribution in [0, 0.1) is 0 Å². The molecule has 4 heteroatoms. The Morgan fingerprint density at radius 3 is 2.82 bits per heavy atom. The lowest BCUT2D eigenvalue weighted by Crippen LogP contribution is -2.08. The van der Waals surface area contributed by atoms with E-state index in [0.717, 1.165) is 11.4 Å². The molecule has 2 heterocycles. The number of thioether (sulfide) groups is 1. The Morgan fingerprint density at radius 1 is 1.29 bits per heavy atom. The third-order valence-electron chi connectivity index (χ3n) is 3.09. The molecule has 0 bridgehead atoms. The molecule has 1 aliphatic heterocycles. The van der Waals surface area contributed by atoms with E-state index in [1.54, 1.807) is 12.1 Å². The van der Waals surface area contributed by atoms with Crippen molar-refractivity contribution in [1.29, 1.82) is 0 Å². The van der Waals surface area contributed by atoms with Crippen LogP contribution in [0.3, 0.4) is 0 Å². The van der Waals surface area contributed by atoms with Crippen molar-refractivity contribution in [3.63, 3.8) is 0 Å². The molecule has 0 radical (unpaired) electrons. The lowest BCUT2D eigenvalue weighted by Gasteiger charge is -2.14. The van der Waals surface area contributed by atoms with Crippen molar-refractivity contribution in [2.45, 2.75) is 12.5 Å². The largest absolute Gasteiger partial charge is 0.508 e. The molecule has 1 aliphatic rings. The number of hydrogen-bond donors (Lipinski definition) is 1. The van der Waals surface area contributed by atoms with Gasteiger partial charge in [0.15, 0.2) is 0 Å². The van der Waals surface area contributed by atoms with Gasteiger partial charge in [-0.3, -0.25) is 0 Å². The van der Waals surface area contributed by atoms with Crippen molar-refractivity contribution in [3.05, 3.63) is 36.7 Å². The predicted octanol–water partition coefficient (Wildman–Crippen LogP) is 2.93. The van der Waals surface area contributed by atoms with Crippen LogP contribution in [0.2, 0.25) is 0 Å². The van der Waals surface area contributed by atoms with Gasteiger partial charge in [0, 0.05) is 29.8 Å². The van der Waals surface area contributed by atoms with Gasteiger partial charge in [-0.15, -0.1) is 0 Å². The highest BCUT2D eigenvalue weighted by Crippen LogP contribution is 2.31. The maximum atomic E-state index is 9.30.